The van der Waals surface area contributed by atoms with Crippen molar-refractivity contribution in [3.05, 3.63) is 35.2 Å². The fourth-order valence-electron chi connectivity index (χ4n) is 3.24. The van der Waals surface area contributed by atoms with E-state index in [1.54, 1.807) is 0 Å². The monoisotopic (exact) mass is 389 g/mol. The van der Waals surface area contributed by atoms with Crippen molar-refractivity contribution in [1.29, 1.82) is 0 Å². The van der Waals surface area contributed by atoms with Crippen LogP contribution in [-0.2, 0) is 11.4 Å². The lowest BCUT2D eigenvalue weighted by Crippen LogP contribution is -2.40. The SMILES string of the molecule is Cc1ccc(OCc2nnc(SCC(=O)N3CCC[C@H](C)C3)n2N)c(C)c1. The van der Waals surface area contributed by atoms with Crippen LogP contribution in [0.25, 0.3) is 0 Å². The maximum Gasteiger partial charge on any atom is 0.233 e. The number of likely N-dealkylation sites (tertiary alicyclic amines) is 1. The zero-order valence-corrected chi connectivity index (χ0v) is 17.0. The standard InChI is InChI=1S/C19H27N5O2S/c1-13-6-7-16(15(3)9-13)26-11-17-21-22-19(24(17)20)27-12-18(25)23-8-4-5-14(2)10-23/h6-7,9,14H,4-5,8,10-12,20H2,1-3H3/t14-/m0/s1. The number of hydrogen-bond acceptors (Lipinski definition) is 6. The number of nitrogens with two attached hydrogens (primary N) is 1. The summed E-state index contributed by atoms with van der Waals surface area (Å²) in [6.07, 6.45) is 2.27. The molecule has 7 nitrogen and oxygen atoms in total. The summed E-state index contributed by atoms with van der Waals surface area (Å²) in [5.41, 5.74) is 2.25. The number of benzene rings is 1. The molecule has 27 heavy (non-hydrogen) atoms. The summed E-state index contributed by atoms with van der Waals surface area (Å²) < 4.78 is 7.22. The van der Waals surface area contributed by atoms with Crippen molar-refractivity contribution in [3.63, 3.8) is 0 Å². The Balaban J connectivity index is 1.54. The van der Waals surface area contributed by atoms with Crippen LogP contribution in [-0.4, -0.2) is 44.5 Å². The number of thioether (sulfide) groups is 1. The molecule has 2 N–H and O–H groups in total. The third-order valence-corrected chi connectivity index (χ3v) is 5.68. The highest BCUT2D eigenvalue weighted by Gasteiger charge is 2.22. The molecule has 1 fully saturated rings. The van der Waals surface area contributed by atoms with E-state index in [0.29, 0.717) is 22.7 Å². The average Bonchev–Trinajstić information content (AvgIpc) is 2.99. The predicted octanol–water partition coefficient (Wildman–Crippen LogP) is 2.54. The van der Waals surface area contributed by atoms with E-state index < -0.39 is 0 Å². The van der Waals surface area contributed by atoms with Crippen molar-refractivity contribution < 1.29 is 9.53 Å². The number of rotatable bonds is 6. The summed E-state index contributed by atoms with van der Waals surface area (Å²) in [5, 5.41) is 8.72. The molecule has 1 atom stereocenters. The average molecular weight is 390 g/mol. The van der Waals surface area contributed by atoms with E-state index in [1.807, 2.05) is 30.9 Å². The van der Waals surface area contributed by atoms with E-state index in [2.05, 4.69) is 23.2 Å². The molecule has 2 heterocycles. The first-order chi connectivity index (χ1) is 12.9. The van der Waals surface area contributed by atoms with Gasteiger partial charge in [-0.3, -0.25) is 4.79 Å². The lowest BCUT2D eigenvalue weighted by atomic mass is 10.0. The number of aromatic nitrogens is 3. The number of amides is 1. The van der Waals surface area contributed by atoms with Gasteiger partial charge in [-0.25, -0.2) is 4.68 Å². The highest BCUT2D eigenvalue weighted by atomic mass is 32.2. The molecular formula is C19H27N5O2S. The Hall–Kier alpha value is -2.22. The molecule has 0 radical (unpaired) electrons. The number of piperidine rings is 1. The van der Waals surface area contributed by atoms with Gasteiger partial charge >= 0.3 is 0 Å². The van der Waals surface area contributed by atoms with Gasteiger partial charge in [-0.1, -0.05) is 36.4 Å². The smallest absolute Gasteiger partial charge is 0.233 e. The Morgan fingerprint density at radius 3 is 2.93 bits per heavy atom. The zero-order chi connectivity index (χ0) is 19.4. The topological polar surface area (TPSA) is 86.3 Å². The van der Waals surface area contributed by atoms with Gasteiger partial charge in [0.15, 0.2) is 5.82 Å². The summed E-state index contributed by atoms with van der Waals surface area (Å²) in [6, 6.07) is 6.01. The maximum absolute atomic E-state index is 12.4. The van der Waals surface area contributed by atoms with Crippen molar-refractivity contribution in [1.82, 2.24) is 19.8 Å². The fourth-order valence-corrected chi connectivity index (χ4v) is 4.02. The minimum atomic E-state index is 0.127. The van der Waals surface area contributed by atoms with Crippen LogP contribution in [0.4, 0.5) is 0 Å². The first-order valence-corrected chi connectivity index (χ1v) is 10.2. The Kier molecular flexibility index (Phi) is 6.26. The van der Waals surface area contributed by atoms with E-state index >= 15 is 0 Å². The minimum Gasteiger partial charge on any atom is -0.485 e. The molecule has 3 rings (SSSR count). The molecule has 1 saturated heterocycles. The molecule has 1 aliphatic rings. The molecule has 1 amide bonds. The Bertz CT molecular complexity index is 807. The van der Waals surface area contributed by atoms with Gasteiger partial charge in [0.05, 0.1) is 5.75 Å². The number of hydrogen-bond donors (Lipinski definition) is 1. The van der Waals surface area contributed by atoms with E-state index in [9.17, 15) is 4.79 Å². The molecular weight excluding hydrogens is 362 g/mol. The number of nitrogen functional groups attached to an aromatic ring is 1. The van der Waals surface area contributed by atoms with E-state index in [1.165, 1.54) is 28.4 Å². The van der Waals surface area contributed by atoms with Crippen LogP contribution in [0.2, 0.25) is 0 Å². The van der Waals surface area contributed by atoms with Crippen molar-refractivity contribution in [2.75, 3.05) is 24.7 Å². The highest BCUT2D eigenvalue weighted by molar-refractivity contribution is 7.99. The second-order valence-corrected chi connectivity index (χ2v) is 8.14. The Labute approximate surface area is 164 Å². The minimum absolute atomic E-state index is 0.127. The van der Waals surface area contributed by atoms with Gasteiger partial charge in [-0.05, 0) is 44.2 Å². The zero-order valence-electron chi connectivity index (χ0n) is 16.1. The number of nitrogens with zero attached hydrogens (tertiary/aromatic N) is 4. The first kappa shape index (κ1) is 19.5. The normalized spacial score (nSPS) is 17.1. The lowest BCUT2D eigenvalue weighted by molar-refractivity contribution is -0.130. The molecule has 8 heteroatoms. The molecule has 1 aromatic heterocycles. The van der Waals surface area contributed by atoms with Gasteiger partial charge in [0.25, 0.3) is 0 Å². The number of carbonyl (C=O) groups excluding carboxylic acids is 1. The maximum atomic E-state index is 12.4. The molecule has 0 spiro atoms. The number of ether oxygens (including phenoxy) is 1. The summed E-state index contributed by atoms with van der Waals surface area (Å²) in [4.78, 5) is 14.3. The molecule has 1 aromatic carbocycles. The molecule has 0 aliphatic carbocycles. The number of aryl methyl sites for hydroxylation is 2. The van der Waals surface area contributed by atoms with Crippen LogP contribution < -0.4 is 10.6 Å². The summed E-state index contributed by atoms with van der Waals surface area (Å²) in [6.45, 7) is 8.14. The lowest BCUT2D eigenvalue weighted by Gasteiger charge is -2.30. The molecule has 146 valence electrons. The van der Waals surface area contributed by atoms with Crippen LogP contribution in [0.15, 0.2) is 23.4 Å². The van der Waals surface area contributed by atoms with Gasteiger partial charge < -0.3 is 15.5 Å². The first-order valence-electron chi connectivity index (χ1n) is 9.24. The van der Waals surface area contributed by atoms with Gasteiger partial charge in [-0.2, -0.15) is 0 Å². The van der Waals surface area contributed by atoms with Crippen LogP contribution in [0, 0.1) is 19.8 Å². The Morgan fingerprint density at radius 2 is 2.19 bits per heavy atom. The van der Waals surface area contributed by atoms with E-state index in [0.717, 1.165) is 30.8 Å². The van der Waals surface area contributed by atoms with Gasteiger partial charge in [0.1, 0.15) is 12.4 Å². The third kappa shape index (κ3) is 4.94. The third-order valence-electron chi connectivity index (χ3n) is 4.76. The van der Waals surface area contributed by atoms with Gasteiger partial charge in [0.2, 0.25) is 11.1 Å². The van der Waals surface area contributed by atoms with E-state index in [-0.39, 0.29) is 12.5 Å². The second-order valence-electron chi connectivity index (χ2n) is 7.20. The molecule has 0 bridgehead atoms. The second kappa shape index (κ2) is 8.65. The van der Waals surface area contributed by atoms with Gasteiger partial charge in [-0.15, -0.1) is 10.2 Å². The van der Waals surface area contributed by atoms with Crippen LogP contribution >= 0.6 is 11.8 Å². The number of carbonyl (C=O) groups is 1. The largest absolute Gasteiger partial charge is 0.485 e. The van der Waals surface area contributed by atoms with Crippen LogP contribution in [0.3, 0.4) is 0 Å². The molecule has 1 aliphatic heterocycles. The molecule has 0 unspecified atom stereocenters. The van der Waals surface area contributed by atoms with Crippen molar-refractivity contribution >= 4 is 17.7 Å². The summed E-state index contributed by atoms with van der Waals surface area (Å²) >= 11 is 1.32. The van der Waals surface area contributed by atoms with Crippen molar-refractivity contribution in [3.8, 4) is 5.75 Å². The summed E-state index contributed by atoms with van der Waals surface area (Å²) in [5.74, 6) is 8.42. The van der Waals surface area contributed by atoms with Crippen molar-refractivity contribution in [2.45, 2.75) is 45.4 Å². The van der Waals surface area contributed by atoms with Crippen molar-refractivity contribution in [2.24, 2.45) is 5.92 Å². The quantitative estimate of drug-likeness (QED) is 0.604. The summed E-state index contributed by atoms with van der Waals surface area (Å²) in [7, 11) is 0. The van der Waals surface area contributed by atoms with Crippen LogP contribution in [0.5, 0.6) is 5.75 Å². The molecule has 0 saturated carbocycles. The van der Waals surface area contributed by atoms with Crippen LogP contribution in [0.1, 0.15) is 36.7 Å². The fraction of sp³-hybridized carbons (Fsp3) is 0.526. The highest BCUT2D eigenvalue weighted by Crippen LogP contribution is 2.22. The van der Waals surface area contributed by atoms with E-state index in [4.69, 9.17) is 10.6 Å². The van der Waals surface area contributed by atoms with Gasteiger partial charge in [0, 0.05) is 13.1 Å². The predicted molar refractivity (Wildman–Crippen MR) is 106 cm³/mol. The molecule has 2 aromatic rings. The Morgan fingerprint density at radius 1 is 1.37 bits per heavy atom.